The van der Waals surface area contributed by atoms with E-state index in [-0.39, 0.29) is 17.7 Å². The molecule has 3 rings (SSSR count). The van der Waals surface area contributed by atoms with E-state index in [0.717, 1.165) is 36.1 Å². The molecule has 3 amide bonds. The van der Waals surface area contributed by atoms with Crippen molar-refractivity contribution in [3.8, 4) is 11.1 Å². The minimum atomic E-state index is -4.41. The molecule has 1 saturated heterocycles. The Balaban J connectivity index is 1.76. The lowest BCUT2D eigenvalue weighted by Gasteiger charge is -2.29. The predicted molar refractivity (Wildman–Crippen MR) is 149 cm³/mol. The summed E-state index contributed by atoms with van der Waals surface area (Å²) in [5.41, 5.74) is 3.18. The molecule has 10 heteroatoms. The number of carbonyl (C=O) groups excluding carboxylic acids is 3. The molecule has 7 nitrogen and oxygen atoms in total. The molecule has 1 fully saturated rings. The second kappa shape index (κ2) is 14.5. The highest BCUT2D eigenvalue weighted by Gasteiger charge is 2.36. The van der Waals surface area contributed by atoms with Gasteiger partial charge in [-0.3, -0.25) is 19.6 Å². The quantitative estimate of drug-likeness (QED) is 0.228. The van der Waals surface area contributed by atoms with E-state index >= 15 is 0 Å². The third-order valence-electron chi connectivity index (χ3n) is 7.54. The zero-order valence-electron chi connectivity index (χ0n) is 23.8. The molecule has 0 radical (unpaired) electrons. The van der Waals surface area contributed by atoms with Crippen LogP contribution in [0.2, 0.25) is 0 Å². The molecule has 3 N–H and O–H groups in total. The van der Waals surface area contributed by atoms with Gasteiger partial charge < -0.3 is 10.2 Å². The topological polar surface area (TPSA) is 98.7 Å². The van der Waals surface area contributed by atoms with Crippen molar-refractivity contribution in [2.45, 2.75) is 78.1 Å². The van der Waals surface area contributed by atoms with E-state index in [9.17, 15) is 32.8 Å². The van der Waals surface area contributed by atoms with Gasteiger partial charge in [0.05, 0.1) is 11.5 Å². The van der Waals surface area contributed by atoms with Crippen LogP contribution in [0.1, 0.15) is 70.4 Å². The first-order valence-corrected chi connectivity index (χ1v) is 14.2. The van der Waals surface area contributed by atoms with Crippen LogP contribution >= 0.6 is 0 Å². The Hall–Kier alpha value is -3.40. The van der Waals surface area contributed by atoms with Crippen molar-refractivity contribution in [1.29, 1.82) is 0 Å². The standard InChI is InChI=1S/C31H40F3N3O4/c1-4-8-25(29(39)36-41)26(17-20(2)3)28(38)35-27-11-5-6-16-37(30(27)40)19-21-9-7-10-23(18-21)22-12-14-24(15-13-22)31(32,33)34/h7,9-10,12-15,18,20,25-27,41H,4-6,8,11,16-17,19H2,1-3H3,(H,35,38)(H,36,39)/t25-,26?,27-/m0/s1. The lowest BCUT2D eigenvalue weighted by molar-refractivity contribution is -0.143. The second-order valence-corrected chi connectivity index (χ2v) is 11.2. The maximum absolute atomic E-state index is 13.6. The second-order valence-electron chi connectivity index (χ2n) is 11.2. The number of nitrogens with one attached hydrogen (secondary N) is 2. The van der Waals surface area contributed by atoms with Crippen molar-refractivity contribution in [3.63, 3.8) is 0 Å². The highest BCUT2D eigenvalue weighted by atomic mass is 19.4. The monoisotopic (exact) mass is 575 g/mol. The number of hydrogen-bond donors (Lipinski definition) is 3. The Morgan fingerprint density at radius 1 is 1.02 bits per heavy atom. The van der Waals surface area contributed by atoms with Crippen molar-refractivity contribution in [3.05, 3.63) is 59.7 Å². The number of halogens is 3. The van der Waals surface area contributed by atoms with Crippen LogP contribution in [0, 0.1) is 17.8 Å². The third-order valence-corrected chi connectivity index (χ3v) is 7.54. The number of amides is 3. The first-order valence-electron chi connectivity index (χ1n) is 14.2. The van der Waals surface area contributed by atoms with E-state index in [1.54, 1.807) is 16.4 Å². The fraction of sp³-hybridized carbons (Fsp3) is 0.516. The van der Waals surface area contributed by atoms with Gasteiger partial charge in [-0.1, -0.05) is 57.5 Å². The van der Waals surface area contributed by atoms with E-state index in [0.29, 0.717) is 44.3 Å². The molecule has 0 aromatic heterocycles. The maximum Gasteiger partial charge on any atom is 0.416 e. The molecule has 1 aliphatic heterocycles. The van der Waals surface area contributed by atoms with E-state index in [1.807, 2.05) is 39.0 Å². The molecule has 2 aromatic carbocycles. The van der Waals surface area contributed by atoms with Gasteiger partial charge in [0.25, 0.3) is 0 Å². The molecule has 1 unspecified atom stereocenters. The SMILES string of the molecule is CCC[C@H](C(=O)NO)C(CC(C)C)C(=O)N[C@H]1CCCCN(Cc2cccc(-c3ccc(C(F)(F)F)cc3)c2)C1=O. The summed E-state index contributed by atoms with van der Waals surface area (Å²) in [4.78, 5) is 41.2. The first kappa shape index (κ1) is 32.1. The highest BCUT2D eigenvalue weighted by molar-refractivity contribution is 5.91. The lowest BCUT2D eigenvalue weighted by atomic mass is 9.81. The van der Waals surface area contributed by atoms with E-state index in [2.05, 4.69) is 5.32 Å². The Morgan fingerprint density at radius 3 is 2.34 bits per heavy atom. The van der Waals surface area contributed by atoms with Crippen LogP contribution in [0.3, 0.4) is 0 Å². The number of hydroxylamine groups is 1. The molecule has 41 heavy (non-hydrogen) atoms. The fourth-order valence-electron chi connectivity index (χ4n) is 5.47. The van der Waals surface area contributed by atoms with Gasteiger partial charge in [-0.2, -0.15) is 13.2 Å². The number of alkyl halides is 3. The van der Waals surface area contributed by atoms with Gasteiger partial charge in [0.15, 0.2) is 0 Å². The summed E-state index contributed by atoms with van der Waals surface area (Å²) in [5, 5.41) is 12.2. The van der Waals surface area contributed by atoms with Crippen LogP contribution in [-0.2, 0) is 27.1 Å². The van der Waals surface area contributed by atoms with Gasteiger partial charge in [-0.05, 0) is 72.9 Å². The zero-order chi connectivity index (χ0) is 30.2. The average molecular weight is 576 g/mol. The van der Waals surface area contributed by atoms with Gasteiger partial charge in [0.2, 0.25) is 17.7 Å². The van der Waals surface area contributed by atoms with Crippen molar-refractivity contribution in [2.24, 2.45) is 17.8 Å². The molecule has 2 aromatic rings. The smallest absolute Gasteiger partial charge is 0.344 e. The summed E-state index contributed by atoms with van der Waals surface area (Å²) in [6.45, 7) is 6.62. The highest BCUT2D eigenvalue weighted by Crippen LogP contribution is 2.31. The summed E-state index contributed by atoms with van der Waals surface area (Å²) >= 11 is 0. The van der Waals surface area contributed by atoms with Crippen molar-refractivity contribution in [1.82, 2.24) is 15.7 Å². The lowest BCUT2D eigenvalue weighted by Crippen LogP contribution is -2.51. The molecule has 224 valence electrons. The Morgan fingerprint density at radius 2 is 1.73 bits per heavy atom. The van der Waals surface area contributed by atoms with Gasteiger partial charge in [0.1, 0.15) is 6.04 Å². The van der Waals surface area contributed by atoms with E-state index < -0.39 is 35.5 Å². The normalized spacial score (nSPS) is 17.6. The fourth-order valence-corrected chi connectivity index (χ4v) is 5.47. The van der Waals surface area contributed by atoms with Crippen molar-refractivity contribution < 1.29 is 32.8 Å². The summed E-state index contributed by atoms with van der Waals surface area (Å²) in [7, 11) is 0. The number of benzene rings is 2. The Bertz CT molecular complexity index is 1180. The van der Waals surface area contributed by atoms with Gasteiger partial charge >= 0.3 is 6.18 Å². The van der Waals surface area contributed by atoms with E-state index in [4.69, 9.17) is 0 Å². The molecule has 0 saturated carbocycles. The Labute approximate surface area is 239 Å². The summed E-state index contributed by atoms with van der Waals surface area (Å²) in [5.74, 6) is -2.46. The van der Waals surface area contributed by atoms with Crippen LogP contribution in [0.25, 0.3) is 11.1 Å². The van der Waals surface area contributed by atoms with Crippen LogP contribution in [-0.4, -0.2) is 40.4 Å². The molecule has 0 spiro atoms. The maximum atomic E-state index is 13.6. The van der Waals surface area contributed by atoms with Gasteiger partial charge in [-0.15, -0.1) is 0 Å². The molecule has 1 aliphatic rings. The number of rotatable bonds is 11. The molecule has 1 heterocycles. The first-order chi connectivity index (χ1) is 19.4. The number of likely N-dealkylation sites (tertiary alicyclic amines) is 1. The van der Waals surface area contributed by atoms with Crippen LogP contribution < -0.4 is 10.8 Å². The summed E-state index contributed by atoms with van der Waals surface area (Å²) < 4.78 is 38.9. The van der Waals surface area contributed by atoms with Crippen LogP contribution in [0.5, 0.6) is 0 Å². The van der Waals surface area contributed by atoms with Gasteiger partial charge in [-0.25, -0.2) is 5.48 Å². The van der Waals surface area contributed by atoms with Crippen LogP contribution in [0.15, 0.2) is 48.5 Å². The molecule has 0 bridgehead atoms. The zero-order valence-corrected chi connectivity index (χ0v) is 23.8. The van der Waals surface area contributed by atoms with Crippen molar-refractivity contribution in [2.75, 3.05) is 6.54 Å². The van der Waals surface area contributed by atoms with Crippen molar-refractivity contribution >= 4 is 17.7 Å². The molecular formula is C31H40F3N3O4. The number of carbonyl (C=O) groups is 3. The number of nitrogens with zero attached hydrogens (tertiary/aromatic N) is 1. The minimum Gasteiger partial charge on any atom is -0.344 e. The predicted octanol–water partition coefficient (Wildman–Crippen LogP) is 5.95. The molecule has 0 aliphatic carbocycles. The Kier molecular flexibility index (Phi) is 11.3. The van der Waals surface area contributed by atoms with Gasteiger partial charge in [0, 0.05) is 19.0 Å². The minimum absolute atomic E-state index is 0.120. The van der Waals surface area contributed by atoms with E-state index in [1.165, 1.54) is 12.1 Å². The number of hydrogen-bond acceptors (Lipinski definition) is 4. The molecule has 3 atom stereocenters. The summed E-state index contributed by atoms with van der Waals surface area (Å²) in [6, 6.07) is 11.6. The largest absolute Gasteiger partial charge is 0.416 e. The van der Waals surface area contributed by atoms with Crippen LogP contribution in [0.4, 0.5) is 13.2 Å². The molecular weight excluding hydrogens is 535 g/mol. The average Bonchev–Trinajstić information content (AvgIpc) is 3.10. The summed E-state index contributed by atoms with van der Waals surface area (Å²) in [6.07, 6.45) is -0.910. The third kappa shape index (κ3) is 8.79.